The molecule has 0 bridgehead atoms. The van der Waals surface area contributed by atoms with Gasteiger partial charge < -0.3 is 0 Å². The largest absolute Gasteiger partial charge is 0.296 e. The molecule has 2 heterocycles. The van der Waals surface area contributed by atoms with E-state index in [1.54, 1.807) is 17.5 Å². The van der Waals surface area contributed by atoms with Crippen LogP contribution in [-0.4, -0.2) is 15.7 Å². The number of aromatic nitrogens is 2. The van der Waals surface area contributed by atoms with Crippen molar-refractivity contribution >= 4 is 38.5 Å². The van der Waals surface area contributed by atoms with E-state index in [2.05, 4.69) is 52.1 Å². The van der Waals surface area contributed by atoms with Crippen LogP contribution in [0.25, 0.3) is 4.96 Å². The van der Waals surface area contributed by atoms with Gasteiger partial charge >= 0.3 is 0 Å². The van der Waals surface area contributed by atoms with E-state index in [4.69, 9.17) is 0 Å². The number of benzene rings is 1. The lowest BCUT2D eigenvalue weighted by molar-refractivity contribution is 0.111. The molecule has 0 aliphatic rings. The van der Waals surface area contributed by atoms with Crippen molar-refractivity contribution in [3.05, 3.63) is 56.8 Å². The monoisotopic (exact) mass is 348 g/mol. The molecular weight excluding hydrogens is 336 g/mol. The topological polar surface area (TPSA) is 34.4 Å². The first kappa shape index (κ1) is 13.5. The zero-order chi connectivity index (χ0) is 14.3. The van der Waals surface area contributed by atoms with Crippen molar-refractivity contribution in [3.8, 4) is 0 Å². The SMILES string of the molecule is Cc1c(C(C)c2ccc(Br)cc2)sc2ncc(C=O)n12. The van der Waals surface area contributed by atoms with Gasteiger partial charge in [-0.1, -0.05) is 35.0 Å². The molecule has 0 aliphatic carbocycles. The molecule has 3 nitrogen and oxygen atoms in total. The molecule has 1 aromatic carbocycles. The van der Waals surface area contributed by atoms with Gasteiger partial charge in [0, 0.05) is 21.0 Å². The van der Waals surface area contributed by atoms with Crippen LogP contribution in [0.3, 0.4) is 0 Å². The molecule has 5 heteroatoms. The maximum atomic E-state index is 11.1. The van der Waals surface area contributed by atoms with Crippen LogP contribution in [0.1, 0.15) is 39.5 Å². The lowest BCUT2D eigenvalue weighted by Crippen LogP contribution is -1.98. The molecule has 1 atom stereocenters. The Labute approximate surface area is 129 Å². The number of nitrogens with zero attached hydrogens (tertiary/aromatic N) is 2. The summed E-state index contributed by atoms with van der Waals surface area (Å²) in [7, 11) is 0. The summed E-state index contributed by atoms with van der Waals surface area (Å²) in [4.78, 5) is 17.5. The second-order valence-electron chi connectivity index (χ2n) is 4.74. The molecule has 0 aliphatic heterocycles. The fourth-order valence-corrected chi connectivity index (χ4v) is 3.88. The summed E-state index contributed by atoms with van der Waals surface area (Å²) >= 11 is 5.10. The molecule has 3 aromatic rings. The quantitative estimate of drug-likeness (QED) is 0.656. The number of fused-ring (bicyclic) bond motifs is 1. The molecule has 0 saturated carbocycles. The van der Waals surface area contributed by atoms with Crippen molar-refractivity contribution in [1.82, 2.24) is 9.38 Å². The number of carbonyl (C=O) groups excluding carboxylic acids is 1. The Morgan fingerprint density at radius 2 is 2.05 bits per heavy atom. The van der Waals surface area contributed by atoms with Crippen LogP contribution in [0, 0.1) is 6.92 Å². The van der Waals surface area contributed by atoms with Crippen LogP contribution >= 0.6 is 27.3 Å². The molecule has 102 valence electrons. The first-order valence-corrected chi connectivity index (χ1v) is 7.90. The molecule has 0 fully saturated rings. The Hall–Kier alpha value is -1.46. The summed E-state index contributed by atoms with van der Waals surface area (Å²) in [6.45, 7) is 4.23. The van der Waals surface area contributed by atoms with Crippen LogP contribution in [0.2, 0.25) is 0 Å². The van der Waals surface area contributed by atoms with E-state index in [1.165, 1.54) is 10.4 Å². The summed E-state index contributed by atoms with van der Waals surface area (Å²) in [6.07, 6.45) is 2.48. The normalized spacial score (nSPS) is 12.8. The predicted molar refractivity (Wildman–Crippen MR) is 84.9 cm³/mol. The number of hydrogen-bond donors (Lipinski definition) is 0. The summed E-state index contributed by atoms with van der Waals surface area (Å²) in [5, 5.41) is 0. The van der Waals surface area contributed by atoms with E-state index in [-0.39, 0.29) is 5.92 Å². The second kappa shape index (κ2) is 5.14. The van der Waals surface area contributed by atoms with Crippen LogP contribution in [0.4, 0.5) is 0 Å². The van der Waals surface area contributed by atoms with Crippen LogP contribution < -0.4 is 0 Å². The predicted octanol–water partition coefficient (Wildman–Crippen LogP) is 4.43. The maximum absolute atomic E-state index is 11.1. The number of imidazole rings is 1. The first-order valence-electron chi connectivity index (χ1n) is 6.29. The van der Waals surface area contributed by atoms with Crippen LogP contribution in [-0.2, 0) is 0 Å². The highest BCUT2D eigenvalue weighted by atomic mass is 79.9. The Kier molecular flexibility index (Phi) is 3.48. The van der Waals surface area contributed by atoms with Gasteiger partial charge in [0.2, 0.25) is 0 Å². The number of aldehydes is 1. The molecular formula is C15H13BrN2OS. The average molecular weight is 349 g/mol. The van der Waals surface area contributed by atoms with Crippen molar-refractivity contribution in [1.29, 1.82) is 0 Å². The third-order valence-corrected chi connectivity index (χ3v) is 5.40. The van der Waals surface area contributed by atoms with Gasteiger partial charge in [-0.05, 0) is 24.6 Å². The fraction of sp³-hybridized carbons (Fsp3) is 0.200. The van der Waals surface area contributed by atoms with Gasteiger partial charge in [-0.3, -0.25) is 9.20 Å². The molecule has 1 unspecified atom stereocenters. The third kappa shape index (κ3) is 2.11. The highest BCUT2D eigenvalue weighted by Crippen LogP contribution is 2.34. The number of halogens is 1. The molecule has 2 aromatic heterocycles. The zero-order valence-electron chi connectivity index (χ0n) is 11.1. The smallest absolute Gasteiger partial charge is 0.194 e. The highest BCUT2D eigenvalue weighted by Gasteiger charge is 2.18. The van der Waals surface area contributed by atoms with Gasteiger partial charge in [0.25, 0.3) is 0 Å². The van der Waals surface area contributed by atoms with Crippen molar-refractivity contribution < 1.29 is 4.79 Å². The minimum Gasteiger partial charge on any atom is -0.296 e. The average Bonchev–Trinajstić information content (AvgIpc) is 2.99. The number of rotatable bonds is 3. The van der Waals surface area contributed by atoms with Crippen molar-refractivity contribution in [3.63, 3.8) is 0 Å². The number of carbonyl (C=O) groups is 1. The molecule has 3 rings (SSSR count). The Bertz CT molecular complexity index is 773. The summed E-state index contributed by atoms with van der Waals surface area (Å²) in [5.74, 6) is 0.286. The Morgan fingerprint density at radius 1 is 1.35 bits per heavy atom. The lowest BCUT2D eigenvalue weighted by atomic mass is 9.99. The second-order valence-corrected chi connectivity index (χ2v) is 6.67. The summed E-state index contributed by atoms with van der Waals surface area (Å²) in [6, 6.07) is 8.35. The number of thiazole rings is 1. The van der Waals surface area contributed by atoms with Crippen molar-refractivity contribution in [2.24, 2.45) is 0 Å². The van der Waals surface area contributed by atoms with E-state index in [9.17, 15) is 4.79 Å². The molecule has 0 saturated heterocycles. The number of hydrogen-bond acceptors (Lipinski definition) is 3. The lowest BCUT2D eigenvalue weighted by Gasteiger charge is -2.11. The van der Waals surface area contributed by atoms with E-state index in [0.29, 0.717) is 5.69 Å². The van der Waals surface area contributed by atoms with Crippen LogP contribution in [0.5, 0.6) is 0 Å². The minimum atomic E-state index is 0.286. The van der Waals surface area contributed by atoms with Gasteiger partial charge in [-0.15, -0.1) is 11.3 Å². The maximum Gasteiger partial charge on any atom is 0.194 e. The summed E-state index contributed by atoms with van der Waals surface area (Å²) < 4.78 is 3.01. The van der Waals surface area contributed by atoms with Crippen molar-refractivity contribution in [2.75, 3.05) is 0 Å². The first-order chi connectivity index (χ1) is 9.61. The minimum absolute atomic E-state index is 0.286. The zero-order valence-corrected chi connectivity index (χ0v) is 13.5. The van der Waals surface area contributed by atoms with E-state index in [1.807, 2.05) is 11.3 Å². The molecule has 0 spiro atoms. The third-order valence-electron chi connectivity index (χ3n) is 3.53. The van der Waals surface area contributed by atoms with Gasteiger partial charge in [0.05, 0.1) is 6.20 Å². The standard InChI is InChI=1S/C15H13BrN2OS/c1-9(11-3-5-12(16)6-4-11)14-10(2)18-13(8-19)7-17-15(18)20-14/h3-9H,1-2H3. The Morgan fingerprint density at radius 3 is 2.70 bits per heavy atom. The molecule has 0 radical (unpaired) electrons. The number of aryl methyl sites for hydroxylation is 1. The van der Waals surface area contributed by atoms with E-state index in [0.717, 1.165) is 21.4 Å². The summed E-state index contributed by atoms with van der Waals surface area (Å²) in [5.41, 5.74) is 2.97. The van der Waals surface area contributed by atoms with Gasteiger partial charge in [-0.2, -0.15) is 0 Å². The highest BCUT2D eigenvalue weighted by molar-refractivity contribution is 9.10. The molecule has 0 N–H and O–H groups in total. The molecule has 20 heavy (non-hydrogen) atoms. The fourth-order valence-electron chi connectivity index (χ4n) is 2.43. The van der Waals surface area contributed by atoms with Gasteiger partial charge in [0.15, 0.2) is 11.2 Å². The van der Waals surface area contributed by atoms with E-state index >= 15 is 0 Å². The van der Waals surface area contributed by atoms with Crippen LogP contribution in [0.15, 0.2) is 34.9 Å². The van der Waals surface area contributed by atoms with E-state index < -0.39 is 0 Å². The van der Waals surface area contributed by atoms with Gasteiger partial charge in [-0.25, -0.2) is 4.98 Å². The Balaban J connectivity index is 2.09. The van der Waals surface area contributed by atoms with Crippen molar-refractivity contribution in [2.45, 2.75) is 19.8 Å². The van der Waals surface area contributed by atoms with Gasteiger partial charge in [0.1, 0.15) is 5.69 Å². The molecule has 0 amide bonds.